The van der Waals surface area contributed by atoms with Crippen molar-refractivity contribution in [1.29, 1.82) is 0 Å². The number of nitrogens with zero attached hydrogens (tertiary/aromatic N) is 1. The molecule has 1 atom stereocenters. The van der Waals surface area contributed by atoms with Crippen LogP contribution in [0.5, 0.6) is 0 Å². The first-order valence-electron chi connectivity index (χ1n) is 8.40. The van der Waals surface area contributed by atoms with Crippen LogP contribution in [0.25, 0.3) is 0 Å². The Morgan fingerprint density at radius 3 is 2.23 bits per heavy atom. The number of amides is 3. The molecule has 1 aromatic rings. The Bertz CT molecular complexity index is 641. The molecule has 2 N–H and O–H groups in total. The number of carbonyl (C=O) groups excluding carboxylic acids is 3. The summed E-state index contributed by atoms with van der Waals surface area (Å²) in [5.74, 6) is -1.07. The summed E-state index contributed by atoms with van der Waals surface area (Å²) in [5.41, 5.74) is -0.139. The zero-order chi connectivity index (χ0) is 19.9. The average molecular weight is 428 g/mol. The lowest BCUT2D eigenvalue weighted by atomic mass is 10.1. The van der Waals surface area contributed by atoms with E-state index in [0.29, 0.717) is 18.5 Å². The van der Waals surface area contributed by atoms with E-state index >= 15 is 0 Å². The van der Waals surface area contributed by atoms with Crippen molar-refractivity contribution in [3.8, 4) is 0 Å². The van der Waals surface area contributed by atoms with Crippen LogP contribution in [0.4, 0.5) is 10.5 Å². The standard InChI is InChI=1S/C18H26BrN3O4/c1-6-7-15(16(24)22(18(3,4)5)26-12(2)23)21-17(25)20-14-10-8-13(19)9-11-14/h8-11,15H,6-7H2,1-5H3,(H2,20,21,25)/t15-/m0/s1. The number of urea groups is 1. The van der Waals surface area contributed by atoms with Gasteiger partial charge in [-0.2, -0.15) is 5.06 Å². The Kier molecular flexibility index (Phi) is 8.08. The molecule has 8 heteroatoms. The maximum Gasteiger partial charge on any atom is 0.329 e. The van der Waals surface area contributed by atoms with Crippen LogP contribution in [0, 0.1) is 0 Å². The molecule has 0 aliphatic rings. The van der Waals surface area contributed by atoms with E-state index in [1.54, 1.807) is 45.0 Å². The first kappa shape index (κ1) is 22.0. The Morgan fingerprint density at radius 2 is 1.77 bits per heavy atom. The van der Waals surface area contributed by atoms with Crippen LogP contribution in [0.1, 0.15) is 47.5 Å². The van der Waals surface area contributed by atoms with Crippen molar-refractivity contribution in [3.63, 3.8) is 0 Å². The summed E-state index contributed by atoms with van der Waals surface area (Å²) in [7, 11) is 0. The minimum atomic E-state index is -0.811. The molecule has 0 radical (unpaired) electrons. The lowest BCUT2D eigenvalue weighted by Gasteiger charge is -2.35. The number of benzene rings is 1. The van der Waals surface area contributed by atoms with Crippen LogP contribution in [-0.2, 0) is 14.4 Å². The van der Waals surface area contributed by atoms with Crippen molar-refractivity contribution in [2.24, 2.45) is 0 Å². The number of hydrogen-bond donors (Lipinski definition) is 2. The molecule has 0 spiro atoms. The predicted molar refractivity (Wildman–Crippen MR) is 103 cm³/mol. The molecule has 26 heavy (non-hydrogen) atoms. The number of rotatable bonds is 5. The molecule has 1 rings (SSSR count). The van der Waals surface area contributed by atoms with Gasteiger partial charge < -0.3 is 15.5 Å². The van der Waals surface area contributed by atoms with Crippen molar-refractivity contribution in [2.45, 2.75) is 59.0 Å². The summed E-state index contributed by atoms with van der Waals surface area (Å²) in [6.45, 7) is 8.38. The van der Waals surface area contributed by atoms with Gasteiger partial charge in [0.05, 0.1) is 5.54 Å². The van der Waals surface area contributed by atoms with Gasteiger partial charge in [0.2, 0.25) is 0 Å². The smallest absolute Gasteiger partial charge is 0.329 e. The van der Waals surface area contributed by atoms with Crippen LogP contribution in [0.2, 0.25) is 0 Å². The second-order valence-corrected chi connectivity index (χ2v) is 7.75. The van der Waals surface area contributed by atoms with E-state index in [1.165, 1.54) is 6.92 Å². The van der Waals surface area contributed by atoms with Crippen LogP contribution in [0.3, 0.4) is 0 Å². The van der Waals surface area contributed by atoms with E-state index < -0.39 is 29.5 Å². The number of halogens is 1. The fourth-order valence-electron chi connectivity index (χ4n) is 2.19. The molecule has 0 heterocycles. The Labute approximate surface area is 162 Å². The quantitative estimate of drug-likeness (QED) is 0.698. The van der Waals surface area contributed by atoms with E-state index in [-0.39, 0.29) is 0 Å². The van der Waals surface area contributed by atoms with Crippen molar-refractivity contribution in [1.82, 2.24) is 10.4 Å². The van der Waals surface area contributed by atoms with Crippen LogP contribution >= 0.6 is 15.9 Å². The molecule has 0 aliphatic carbocycles. The van der Waals surface area contributed by atoms with Gasteiger partial charge in [-0.3, -0.25) is 9.59 Å². The summed E-state index contributed by atoms with van der Waals surface area (Å²) in [6.07, 6.45) is 1.09. The fourth-order valence-corrected chi connectivity index (χ4v) is 2.45. The first-order valence-corrected chi connectivity index (χ1v) is 9.19. The SMILES string of the molecule is CCC[C@H](NC(=O)Nc1ccc(Br)cc1)C(=O)N(OC(C)=O)C(C)(C)C. The van der Waals surface area contributed by atoms with Gasteiger partial charge in [-0.05, 0) is 51.5 Å². The molecule has 0 aliphatic heterocycles. The third-order valence-corrected chi connectivity index (χ3v) is 3.84. The van der Waals surface area contributed by atoms with E-state index in [0.717, 1.165) is 9.54 Å². The molecule has 7 nitrogen and oxygen atoms in total. The average Bonchev–Trinajstić information content (AvgIpc) is 2.52. The lowest BCUT2D eigenvalue weighted by Crippen LogP contribution is -2.55. The highest BCUT2D eigenvalue weighted by Crippen LogP contribution is 2.18. The maximum atomic E-state index is 12.8. The molecule has 0 fully saturated rings. The van der Waals surface area contributed by atoms with Crippen molar-refractivity contribution in [2.75, 3.05) is 5.32 Å². The second-order valence-electron chi connectivity index (χ2n) is 6.83. The lowest BCUT2D eigenvalue weighted by molar-refractivity contribution is -0.216. The summed E-state index contributed by atoms with van der Waals surface area (Å²) >= 11 is 3.33. The molecular formula is C18H26BrN3O4. The molecule has 0 saturated carbocycles. The number of hydroxylamine groups is 2. The molecule has 0 saturated heterocycles. The zero-order valence-electron chi connectivity index (χ0n) is 15.8. The Hall–Kier alpha value is -2.09. The van der Waals surface area contributed by atoms with Gasteiger partial charge in [0, 0.05) is 17.1 Å². The highest BCUT2D eigenvalue weighted by atomic mass is 79.9. The monoisotopic (exact) mass is 427 g/mol. The van der Waals surface area contributed by atoms with E-state index in [1.807, 2.05) is 6.92 Å². The third-order valence-electron chi connectivity index (χ3n) is 3.31. The number of nitrogens with one attached hydrogen (secondary N) is 2. The summed E-state index contributed by atoms with van der Waals surface area (Å²) in [4.78, 5) is 41.6. The number of carbonyl (C=O) groups is 3. The summed E-state index contributed by atoms with van der Waals surface area (Å²) < 4.78 is 0.893. The van der Waals surface area contributed by atoms with Crippen molar-refractivity contribution < 1.29 is 19.2 Å². The second kappa shape index (κ2) is 9.56. The van der Waals surface area contributed by atoms with Crippen LogP contribution in [-0.4, -0.2) is 34.6 Å². The van der Waals surface area contributed by atoms with Gasteiger partial charge >= 0.3 is 12.0 Å². The van der Waals surface area contributed by atoms with Crippen LogP contribution < -0.4 is 10.6 Å². The molecular weight excluding hydrogens is 402 g/mol. The normalized spacial score (nSPS) is 12.1. The van der Waals surface area contributed by atoms with Crippen LogP contribution in [0.15, 0.2) is 28.7 Å². The van der Waals surface area contributed by atoms with Gasteiger partial charge in [-0.1, -0.05) is 29.3 Å². The predicted octanol–water partition coefficient (Wildman–Crippen LogP) is 3.84. The molecule has 3 amide bonds. The van der Waals surface area contributed by atoms with Gasteiger partial charge in [0.1, 0.15) is 6.04 Å². The van der Waals surface area contributed by atoms with Gasteiger partial charge in [0.15, 0.2) is 0 Å². The van der Waals surface area contributed by atoms with E-state index in [2.05, 4.69) is 26.6 Å². The molecule has 0 bridgehead atoms. The van der Waals surface area contributed by atoms with E-state index in [9.17, 15) is 14.4 Å². The highest BCUT2D eigenvalue weighted by molar-refractivity contribution is 9.10. The topological polar surface area (TPSA) is 87.7 Å². The Balaban J connectivity index is 2.87. The van der Waals surface area contributed by atoms with E-state index in [4.69, 9.17) is 4.84 Å². The first-order chi connectivity index (χ1) is 12.0. The van der Waals surface area contributed by atoms with Gasteiger partial charge in [-0.15, -0.1) is 0 Å². The largest absolute Gasteiger partial charge is 0.338 e. The molecule has 1 aromatic carbocycles. The van der Waals surface area contributed by atoms with Gasteiger partial charge in [0.25, 0.3) is 5.91 Å². The van der Waals surface area contributed by atoms with Crippen molar-refractivity contribution >= 4 is 39.5 Å². The molecule has 0 unspecified atom stereocenters. The summed E-state index contributed by atoms with van der Waals surface area (Å²) in [5, 5.41) is 6.37. The summed E-state index contributed by atoms with van der Waals surface area (Å²) in [6, 6.07) is 5.75. The fraction of sp³-hybridized carbons (Fsp3) is 0.500. The van der Waals surface area contributed by atoms with Crippen molar-refractivity contribution in [3.05, 3.63) is 28.7 Å². The minimum Gasteiger partial charge on any atom is -0.338 e. The Morgan fingerprint density at radius 1 is 1.19 bits per heavy atom. The minimum absolute atomic E-state index is 0.417. The number of hydrogen-bond acceptors (Lipinski definition) is 4. The maximum absolute atomic E-state index is 12.8. The number of anilines is 1. The van der Waals surface area contributed by atoms with Gasteiger partial charge in [-0.25, -0.2) is 4.79 Å². The molecule has 0 aromatic heterocycles. The molecule has 144 valence electrons. The zero-order valence-corrected chi connectivity index (χ0v) is 17.3. The highest BCUT2D eigenvalue weighted by Gasteiger charge is 2.35. The third kappa shape index (κ3) is 7.03.